The molecule has 0 saturated heterocycles. The Balaban J connectivity index is 2.35. The molecule has 0 aliphatic rings. The number of sulfone groups is 1. The van der Waals surface area contributed by atoms with Crippen molar-refractivity contribution in [1.29, 1.82) is 0 Å². The Morgan fingerprint density at radius 3 is 2.21 bits per heavy atom. The van der Waals surface area contributed by atoms with Gasteiger partial charge in [0.1, 0.15) is 0 Å². The van der Waals surface area contributed by atoms with Crippen LogP contribution in [-0.2, 0) is 9.84 Å². The van der Waals surface area contributed by atoms with Crippen LogP contribution in [0.2, 0.25) is 0 Å². The maximum absolute atomic E-state index is 12.2. The lowest BCUT2D eigenvalue weighted by Gasteiger charge is -2.00. The van der Waals surface area contributed by atoms with Crippen LogP contribution in [-0.4, -0.2) is 20.5 Å². The predicted molar refractivity (Wildman–Crippen MR) is 79.7 cm³/mol. The smallest absolute Gasteiger partial charge is 0.202 e. The van der Waals surface area contributed by atoms with E-state index < -0.39 is 9.84 Å². The predicted octanol–water partition coefficient (Wildman–Crippen LogP) is 3.45. The lowest BCUT2D eigenvalue weighted by molar-refractivity contribution is 0.104. The van der Waals surface area contributed by atoms with E-state index >= 15 is 0 Å². The van der Waals surface area contributed by atoms with E-state index in [1.165, 1.54) is 23.5 Å². The van der Waals surface area contributed by atoms with E-state index in [2.05, 4.69) is 15.9 Å². The Morgan fingerprint density at radius 2 is 1.79 bits per heavy atom. The molecule has 0 bridgehead atoms. The SMILES string of the molecule is Cc1sc(C(=O)c2ccc(S(C)(=O)=O)cc2)cc1Br. The minimum atomic E-state index is -3.23. The van der Waals surface area contributed by atoms with Gasteiger partial charge in [0, 0.05) is 21.2 Å². The number of rotatable bonds is 3. The number of aryl methyl sites for hydroxylation is 1. The molecule has 6 heteroatoms. The molecular formula is C13H11BrO3S2. The van der Waals surface area contributed by atoms with Crippen LogP contribution in [0.5, 0.6) is 0 Å². The molecule has 0 N–H and O–H groups in total. The first kappa shape index (κ1) is 14.4. The van der Waals surface area contributed by atoms with Gasteiger partial charge in [0.25, 0.3) is 0 Å². The van der Waals surface area contributed by atoms with Crippen LogP contribution in [0.1, 0.15) is 20.1 Å². The van der Waals surface area contributed by atoms with Gasteiger partial charge in [0.05, 0.1) is 9.77 Å². The number of thiophene rings is 1. The van der Waals surface area contributed by atoms with E-state index in [0.717, 1.165) is 15.6 Å². The van der Waals surface area contributed by atoms with Crippen LogP contribution in [0.15, 0.2) is 39.7 Å². The Kier molecular flexibility index (Phi) is 3.94. The summed E-state index contributed by atoms with van der Waals surface area (Å²) in [4.78, 5) is 14.1. The summed E-state index contributed by atoms with van der Waals surface area (Å²) < 4.78 is 23.6. The third-order valence-corrected chi connectivity index (χ3v) is 5.89. The monoisotopic (exact) mass is 358 g/mol. The van der Waals surface area contributed by atoms with Gasteiger partial charge in [-0.3, -0.25) is 4.79 Å². The second-order valence-electron chi connectivity index (χ2n) is 4.14. The van der Waals surface area contributed by atoms with Gasteiger partial charge in [0.15, 0.2) is 9.84 Å². The molecule has 1 heterocycles. The van der Waals surface area contributed by atoms with Crippen molar-refractivity contribution in [2.45, 2.75) is 11.8 Å². The first-order valence-corrected chi connectivity index (χ1v) is 8.90. The summed E-state index contributed by atoms with van der Waals surface area (Å²) in [5, 5.41) is 0. The Labute approximate surface area is 124 Å². The fraction of sp³-hybridized carbons (Fsp3) is 0.154. The Hall–Kier alpha value is -0.980. The number of hydrogen-bond acceptors (Lipinski definition) is 4. The number of ketones is 1. The summed E-state index contributed by atoms with van der Waals surface area (Å²) in [7, 11) is -3.23. The minimum Gasteiger partial charge on any atom is -0.288 e. The van der Waals surface area contributed by atoms with Crippen molar-refractivity contribution in [3.05, 3.63) is 50.1 Å². The maximum Gasteiger partial charge on any atom is 0.202 e. The Morgan fingerprint density at radius 1 is 1.21 bits per heavy atom. The standard InChI is InChI=1S/C13H11BrO3S2/c1-8-11(14)7-12(18-8)13(15)9-3-5-10(6-4-9)19(2,16)17/h3-7H,1-2H3. The molecule has 0 radical (unpaired) electrons. The van der Waals surface area contributed by atoms with Gasteiger partial charge in [-0.05, 0) is 53.2 Å². The molecular weight excluding hydrogens is 348 g/mol. The van der Waals surface area contributed by atoms with Crippen LogP contribution < -0.4 is 0 Å². The van der Waals surface area contributed by atoms with Gasteiger partial charge in [-0.15, -0.1) is 11.3 Å². The fourth-order valence-electron chi connectivity index (χ4n) is 1.57. The largest absolute Gasteiger partial charge is 0.288 e. The summed E-state index contributed by atoms with van der Waals surface area (Å²) in [5.41, 5.74) is 0.487. The van der Waals surface area contributed by atoms with Gasteiger partial charge in [-0.1, -0.05) is 0 Å². The third-order valence-electron chi connectivity index (χ3n) is 2.63. The lowest BCUT2D eigenvalue weighted by atomic mass is 10.1. The van der Waals surface area contributed by atoms with Crippen molar-refractivity contribution in [1.82, 2.24) is 0 Å². The molecule has 0 fully saturated rings. The minimum absolute atomic E-state index is 0.0983. The summed E-state index contributed by atoms with van der Waals surface area (Å²) >= 11 is 4.79. The van der Waals surface area contributed by atoms with E-state index in [1.807, 2.05) is 6.92 Å². The highest BCUT2D eigenvalue weighted by Gasteiger charge is 2.14. The van der Waals surface area contributed by atoms with E-state index in [1.54, 1.807) is 18.2 Å². The van der Waals surface area contributed by atoms with Crippen molar-refractivity contribution in [2.75, 3.05) is 6.26 Å². The highest BCUT2D eigenvalue weighted by Crippen LogP contribution is 2.28. The van der Waals surface area contributed by atoms with E-state index in [4.69, 9.17) is 0 Å². The average Bonchev–Trinajstić information content (AvgIpc) is 2.68. The number of hydrogen-bond donors (Lipinski definition) is 0. The molecule has 19 heavy (non-hydrogen) atoms. The second kappa shape index (κ2) is 5.19. The average molecular weight is 359 g/mol. The molecule has 2 rings (SSSR count). The van der Waals surface area contributed by atoms with Crippen molar-refractivity contribution in [3.63, 3.8) is 0 Å². The molecule has 0 spiro atoms. The second-order valence-corrected chi connectivity index (χ2v) is 8.27. The summed E-state index contributed by atoms with van der Waals surface area (Å²) in [5.74, 6) is -0.0983. The Bertz CT molecular complexity index is 708. The first-order valence-electron chi connectivity index (χ1n) is 5.40. The van der Waals surface area contributed by atoms with Crippen molar-refractivity contribution >= 4 is 42.9 Å². The van der Waals surface area contributed by atoms with Gasteiger partial charge >= 0.3 is 0 Å². The van der Waals surface area contributed by atoms with E-state index in [-0.39, 0.29) is 10.7 Å². The summed E-state index contributed by atoms with van der Waals surface area (Å²) in [6.07, 6.45) is 1.14. The molecule has 100 valence electrons. The van der Waals surface area contributed by atoms with E-state index in [0.29, 0.717) is 10.4 Å². The third kappa shape index (κ3) is 3.13. The molecule has 0 saturated carbocycles. The van der Waals surface area contributed by atoms with E-state index in [9.17, 15) is 13.2 Å². The van der Waals surface area contributed by atoms with Crippen molar-refractivity contribution < 1.29 is 13.2 Å². The molecule has 1 aromatic carbocycles. The van der Waals surface area contributed by atoms with Crippen LogP contribution in [0.3, 0.4) is 0 Å². The van der Waals surface area contributed by atoms with Crippen LogP contribution in [0.25, 0.3) is 0 Å². The quantitative estimate of drug-likeness (QED) is 0.789. The molecule has 0 aliphatic carbocycles. The van der Waals surface area contributed by atoms with Crippen molar-refractivity contribution in [2.24, 2.45) is 0 Å². The normalized spacial score (nSPS) is 11.5. The number of halogens is 1. The molecule has 2 aromatic rings. The molecule has 0 unspecified atom stereocenters. The zero-order valence-electron chi connectivity index (χ0n) is 10.3. The van der Waals surface area contributed by atoms with Crippen LogP contribution in [0, 0.1) is 6.92 Å². The highest BCUT2D eigenvalue weighted by atomic mass is 79.9. The van der Waals surface area contributed by atoms with Gasteiger partial charge in [-0.25, -0.2) is 8.42 Å². The maximum atomic E-state index is 12.2. The summed E-state index contributed by atoms with van der Waals surface area (Å²) in [6.45, 7) is 1.93. The van der Waals surface area contributed by atoms with Crippen molar-refractivity contribution in [3.8, 4) is 0 Å². The fourth-order valence-corrected chi connectivity index (χ4v) is 3.69. The zero-order chi connectivity index (χ0) is 14.2. The number of carbonyl (C=O) groups is 1. The summed E-state index contributed by atoms with van der Waals surface area (Å²) in [6, 6.07) is 7.78. The molecule has 3 nitrogen and oxygen atoms in total. The van der Waals surface area contributed by atoms with Crippen LogP contribution in [0.4, 0.5) is 0 Å². The van der Waals surface area contributed by atoms with Gasteiger partial charge < -0.3 is 0 Å². The first-order chi connectivity index (χ1) is 8.79. The highest BCUT2D eigenvalue weighted by molar-refractivity contribution is 9.10. The molecule has 0 atom stereocenters. The van der Waals surface area contributed by atoms with Crippen LogP contribution >= 0.6 is 27.3 Å². The lowest BCUT2D eigenvalue weighted by Crippen LogP contribution is -2.01. The topological polar surface area (TPSA) is 51.2 Å². The molecule has 1 aromatic heterocycles. The van der Waals surface area contributed by atoms with Gasteiger partial charge in [0.2, 0.25) is 5.78 Å². The molecule has 0 amide bonds. The number of carbonyl (C=O) groups excluding carboxylic acids is 1. The number of benzene rings is 1. The zero-order valence-corrected chi connectivity index (χ0v) is 13.5. The molecule has 0 aliphatic heterocycles. The van der Waals surface area contributed by atoms with Gasteiger partial charge in [-0.2, -0.15) is 0 Å².